The van der Waals surface area contributed by atoms with Crippen molar-refractivity contribution >= 4 is 22.7 Å². The summed E-state index contributed by atoms with van der Waals surface area (Å²) in [5.74, 6) is 0.368. The summed E-state index contributed by atoms with van der Waals surface area (Å²) in [6.45, 7) is 0. The molecule has 0 aliphatic rings. The van der Waals surface area contributed by atoms with Gasteiger partial charge in [0.1, 0.15) is 0 Å². The molecule has 6 heteroatoms. The van der Waals surface area contributed by atoms with E-state index in [9.17, 15) is 13.2 Å². The summed E-state index contributed by atoms with van der Waals surface area (Å²) in [5, 5.41) is 2.77. The lowest BCUT2D eigenvalue weighted by Gasteiger charge is -2.13. The number of aromatic nitrogens is 2. The van der Waals surface area contributed by atoms with E-state index in [0.29, 0.717) is 5.95 Å². The van der Waals surface area contributed by atoms with Crippen LogP contribution in [-0.4, -0.2) is 9.55 Å². The van der Waals surface area contributed by atoms with Crippen LogP contribution < -0.4 is 5.32 Å². The van der Waals surface area contributed by atoms with Gasteiger partial charge in [0, 0.05) is 7.05 Å². The first-order chi connectivity index (χ1) is 9.97. The van der Waals surface area contributed by atoms with E-state index >= 15 is 0 Å². The molecule has 0 spiro atoms. The predicted molar refractivity (Wildman–Crippen MR) is 75.4 cm³/mol. The fourth-order valence-electron chi connectivity index (χ4n) is 2.22. The summed E-state index contributed by atoms with van der Waals surface area (Å²) < 4.78 is 40.7. The first-order valence-corrected chi connectivity index (χ1v) is 6.31. The number of nitrogens with zero attached hydrogens (tertiary/aromatic N) is 2. The number of rotatable bonds is 2. The van der Waals surface area contributed by atoms with Gasteiger partial charge in [-0.15, -0.1) is 0 Å². The van der Waals surface area contributed by atoms with Gasteiger partial charge < -0.3 is 9.88 Å². The zero-order valence-electron chi connectivity index (χ0n) is 11.1. The largest absolute Gasteiger partial charge is 0.418 e. The van der Waals surface area contributed by atoms with E-state index in [0.717, 1.165) is 17.1 Å². The van der Waals surface area contributed by atoms with Crippen molar-refractivity contribution in [2.24, 2.45) is 7.05 Å². The molecule has 0 saturated carbocycles. The zero-order chi connectivity index (χ0) is 15.0. The molecule has 0 aliphatic carbocycles. The highest BCUT2D eigenvalue weighted by molar-refractivity contribution is 5.79. The van der Waals surface area contributed by atoms with Gasteiger partial charge in [-0.3, -0.25) is 0 Å². The Balaban J connectivity index is 2.05. The molecule has 3 rings (SSSR count). The number of imidazole rings is 1. The Morgan fingerprint density at radius 2 is 1.67 bits per heavy atom. The summed E-state index contributed by atoms with van der Waals surface area (Å²) in [6, 6.07) is 12.7. The maximum absolute atomic E-state index is 13.0. The predicted octanol–water partition coefficient (Wildman–Crippen LogP) is 4.34. The lowest BCUT2D eigenvalue weighted by atomic mass is 10.1. The summed E-state index contributed by atoms with van der Waals surface area (Å²) in [5.41, 5.74) is 0.858. The minimum absolute atomic E-state index is 0.0107. The van der Waals surface area contributed by atoms with Crippen LogP contribution >= 0.6 is 0 Å². The van der Waals surface area contributed by atoms with Crippen molar-refractivity contribution in [3.05, 3.63) is 54.1 Å². The molecule has 0 fully saturated rings. The number of aryl methyl sites for hydroxylation is 1. The van der Waals surface area contributed by atoms with Gasteiger partial charge in [0.15, 0.2) is 0 Å². The van der Waals surface area contributed by atoms with Crippen LogP contribution in [-0.2, 0) is 13.2 Å². The molecule has 0 amide bonds. The Hall–Kier alpha value is -2.50. The average Bonchev–Trinajstić information content (AvgIpc) is 2.76. The molecule has 3 nitrogen and oxygen atoms in total. The standard InChI is InChI=1S/C15H12F3N3/c1-21-13-9-5-4-8-12(13)20-14(21)19-11-7-3-2-6-10(11)15(16,17)18/h2-9H,1H3,(H,19,20). The molecule has 0 bridgehead atoms. The molecule has 108 valence electrons. The van der Waals surface area contributed by atoms with Crippen LogP contribution in [0.25, 0.3) is 11.0 Å². The monoisotopic (exact) mass is 291 g/mol. The molecule has 0 saturated heterocycles. The molecule has 1 N–H and O–H groups in total. The van der Waals surface area contributed by atoms with Gasteiger partial charge in [0.05, 0.1) is 22.3 Å². The van der Waals surface area contributed by atoms with Crippen LogP contribution in [0.1, 0.15) is 5.56 Å². The molecule has 1 aromatic heterocycles. The van der Waals surface area contributed by atoms with Gasteiger partial charge in [0.25, 0.3) is 0 Å². The van der Waals surface area contributed by atoms with Gasteiger partial charge in [-0.05, 0) is 24.3 Å². The molecule has 0 radical (unpaired) electrons. The van der Waals surface area contributed by atoms with E-state index in [1.165, 1.54) is 12.1 Å². The van der Waals surface area contributed by atoms with Crippen molar-refractivity contribution in [2.45, 2.75) is 6.18 Å². The molecule has 21 heavy (non-hydrogen) atoms. The second kappa shape index (κ2) is 4.80. The fourth-order valence-corrected chi connectivity index (χ4v) is 2.22. The Morgan fingerprint density at radius 1 is 1.00 bits per heavy atom. The molecule has 2 aromatic carbocycles. The maximum atomic E-state index is 13.0. The molecule has 0 unspecified atom stereocenters. The highest BCUT2D eigenvalue weighted by Crippen LogP contribution is 2.35. The SMILES string of the molecule is Cn1c(Nc2ccccc2C(F)(F)F)nc2ccccc21. The van der Waals surface area contributed by atoms with Crippen molar-refractivity contribution < 1.29 is 13.2 Å². The minimum atomic E-state index is -4.41. The molecule has 0 atom stereocenters. The lowest BCUT2D eigenvalue weighted by Crippen LogP contribution is -2.10. The van der Waals surface area contributed by atoms with Gasteiger partial charge in [0.2, 0.25) is 5.95 Å². The van der Waals surface area contributed by atoms with Crippen molar-refractivity contribution in [3.8, 4) is 0 Å². The van der Waals surface area contributed by atoms with Crippen molar-refractivity contribution in [1.82, 2.24) is 9.55 Å². The number of fused-ring (bicyclic) bond motifs is 1. The van der Waals surface area contributed by atoms with Crippen LogP contribution in [0.5, 0.6) is 0 Å². The van der Waals surface area contributed by atoms with Gasteiger partial charge >= 0.3 is 6.18 Å². The number of anilines is 2. The fraction of sp³-hybridized carbons (Fsp3) is 0.133. The topological polar surface area (TPSA) is 29.9 Å². The third kappa shape index (κ3) is 2.44. The van der Waals surface area contributed by atoms with Crippen molar-refractivity contribution in [2.75, 3.05) is 5.32 Å². The van der Waals surface area contributed by atoms with E-state index < -0.39 is 11.7 Å². The summed E-state index contributed by atoms with van der Waals surface area (Å²) in [6.07, 6.45) is -4.41. The Labute approximate surface area is 119 Å². The highest BCUT2D eigenvalue weighted by atomic mass is 19.4. The third-order valence-corrected chi connectivity index (χ3v) is 3.27. The van der Waals surface area contributed by atoms with Crippen LogP contribution in [0, 0.1) is 0 Å². The highest BCUT2D eigenvalue weighted by Gasteiger charge is 2.33. The number of alkyl halides is 3. The molecular formula is C15H12F3N3. The average molecular weight is 291 g/mol. The smallest absolute Gasteiger partial charge is 0.325 e. The Bertz CT molecular complexity index is 790. The lowest BCUT2D eigenvalue weighted by molar-refractivity contribution is -0.136. The normalized spacial score (nSPS) is 11.8. The number of benzene rings is 2. The first-order valence-electron chi connectivity index (χ1n) is 6.31. The van der Waals surface area contributed by atoms with Gasteiger partial charge in [-0.2, -0.15) is 13.2 Å². The zero-order valence-corrected chi connectivity index (χ0v) is 11.1. The van der Waals surface area contributed by atoms with E-state index in [4.69, 9.17) is 0 Å². The second-order valence-electron chi connectivity index (χ2n) is 4.65. The van der Waals surface area contributed by atoms with Crippen molar-refractivity contribution in [3.63, 3.8) is 0 Å². The maximum Gasteiger partial charge on any atom is 0.418 e. The number of halogens is 3. The third-order valence-electron chi connectivity index (χ3n) is 3.27. The first kappa shape index (κ1) is 13.5. The van der Waals surface area contributed by atoms with Gasteiger partial charge in [-0.25, -0.2) is 4.98 Å². The van der Waals surface area contributed by atoms with Gasteiger partial charge in [-0.1, -0.05) is 24.3 Å². The summed E-state index contributed by atoms with van der Waals surface area (Å²) in [4.78, 5) is 4.32. The van der Waals surface area contributed by atoms with E-state index in [1.54, 1.807) is 17.7 Å². The van der Waals surface area contributed by atoms with E-state index in [1.807, 2.05) is 24.3 Å². The minimum Gasteiger partial charge on any atom is -0.325 e. The number of hydrogen-bond acceptors (Lipinski definition) is 2. The summed E-state index contributed by atoms with van der Waals surface area (Å²) >= 11 is 0. The molecule has 3 aromatic rings. The number of hydrogen-bond donors (Lipinski definition) is 1. The van der Waals surface area contributed by atoms with Crippen LogP contribution in [0.4, 0.5) is 24.8 Å². The van der Waals surface area contributed by atoms with E-state index in [2.05, 4.69) is 10.3 Å². The quantitative estimate of drug-likeness (QED) is 0.761. The van der Waals surface area contributed by atoms with Crippen LogP contribution in [0.15, 0.2) is 48.5 Å². The van der Waals surface area contributed by atoms with Crippen molar-refractivity contribution in [1.29, 1.82) is 0 Å². The summed E-state index contributed by atoms with van der Waals surface area (Å²) in [7, 11) is 1.76. The Kier molecular flexibility index (Phi) is 3.08. The Morgan fingerprint density at radius 3 is 2.38 bits per heavy atom. The van der Waals surface area contributed by atoms with Crippen LogP contribution in [0.3, 0.4) is 0 Å². The molecule has 1 heterocycles. The number of para-hydroxylation sites is 3. The number of nitrogens with one attached hydrogen (secondary N) is 1. The molecular weight excluding hydrogens is 279 g/mol. The van der Waals surface area contributed by atoms with E-state index in [-0.39, 0.29) is 5.69 Å². The van der Waals surface area contributed by atoms with Crippen LogP contribution in [0.2, 0.25) is 0 Å². The second-order valence-corrected chi connectivity index (χ2v) is 4.65. The molecule has 0 aliphatic heterocycles.